The monoisotopic (exact) mass is 492 g/mol. The number of methoxy groups -OCH3 is 1. The van der Waals surface area contributed by atoms with E-state index in [1.165, 1.54) is 0 Å². The molecule has 0 radical (unpaired) electrons. The SMILES string of the molecule is CCCCNC(=O)[C@@H](Cc1ccccc1)N(Cc1cccc(OC)c1)C(=O)Cc1cccc(Cl)c1. The predicted octanol–water partition coefficient (Wildman–Crippen LogP) is 5.45. The maximum atomic E-state index is 13.7. The van der Waals surface area contributed by atoms with Crippen LogP contribution in [0, 0.1) is 0 Å². The fourth-order valence-electron chi connectivity index (χ4n) is 3.95. The molecule has 1 atom stereocenters. The van der Waals surface area contributed by atoms with Crippen molar-refractivity contribution in [3.8, 4) is 5.75 Å². The number of carbonyl (C=O) groups excluding carboxylic acids is 2. The molecule has 5 nitrogen and oxygen atoms in total. The van der Waals surface area contributed by atoms with Crippen LogP contribution in [0.25, 0.3) is 0 Å². The number of unbranched alkanes of at least 4 members (excludes halogenated alkanes) is 1. The summed E-state index contributed by atoms with van der Waals surface area (Å²) < 4.78 is 5.38. The first-order valence-electron chi connectivity index (χ1n) is 12.0. The number of ether oxygens (including phenoxy) is 1. The molecule has 0 heterocycles. The van der Waals surface area contributed by atoms with Gasteiger partial charge in [-0.25, -0.2) is 0 Å². The first-order valence-corrected chi connectivity index (χ1v) is 12.4. The number of nitrogens with one attached hydrogen (secondary N) is 1. The van der Waals surface area contributed by atoms with E-state index in [-0.39, 0.29) is 24.8 Å². The van der Waals surface area contributed by atoms with E-state index in [2.05, 4.69) is 12.2 Å². The van der Waals surface area contributed by atoms with Gasteiger partial charge >= 0.3 is 0 Å². The van der Waals surface area contributed by atoms with E-state index >= 15 is 0 Å². The zero-order chi connectivity index (χ0) is 25.0. The summed E-state index contributed by atoms with van der Waals surface area (Å²) in [7, 11) is 1.61. The summed E-state index contributed by atoms with van der Waals surface area (Å²) in [6.07, 6.45) is 2.43. The summed E-state index contributed by atoms with van der Waals surface area (Å²) in [5, 5.41) is 3.62. The standard InChI is InChI=1S/C29H33ClN2O3/c1-3-4-16-31-29(34)27(19-22-10-6-5-7-11-22)32(21-24-13-9-15-26(18-24)35-2)28(33)20-23-12-8-14-25(30)17-23/h5-15,17-18,27H,3-4,16,19-21H2,1-2H3,(H,31,34)/t27-/m1/s1. The second-order valence-electron chi connectivity index (χ2n) is 8.53. The van der Waals surface area contributed by atoms with E-state index in [9.17, 15) is 9.59 Å². The quantitative estimate of drug-likeness (QED) is 0.342. The number of benzene rings is 3. The van der Waals surface area contributed by atoms with Gasteiger partial charge < -0.3 is 15.0 Å². The number of halogens is 1. The topological polar surface area (TPSA) is 58.6 Å². The Kier molecular flexibility index (Phi) is 10.2. The van der Waals surface area contributed by atoms with Crippen LogP contribution in [0.1, 0.15) is 36.5 Å². The molecule has 2 amide bonds. The van der Waals surface area contributed by atoms with Gasteiger partial charge in [0, 0.05) is 24.5 Å². The van der Waals surface area contributed by atoms with E-state index in [1.54, 1.807) is 24.1 Å². The second kappa shape index (κ2) is 13.5. The Morgan fingerprint density at radius 1 is 0.943 bits per heavy atom. The maximum Gasteiger partial charge on any atom is 0.243 e. The molecule has 35 heavy (non-hydrogen) atoms. The lowest BCUT2D eigenvalue weighted by atomic mass is 10.0. The summed E-state index contributed by atoms with van der Waals surface area (Å²) in [6.45, 7) is 2.95. The van der Waals surface area contributed by atoms with E-state index in [0.29, 0.717) is 23.7 Å². The zero-order valence-electron chi connectivity index (χ0n) is 20.4. The lowest BCUT2D eigenvalue weighted by molar-refractivity contribution is -0.140. The molecule has 3 aromatic rings. The Balaban J connectivity index is 1.95. The third-order valence-electron chi connectivity index (χ3n) is 5.83. The van der Waals surface area contributed by atoms with E-state index in [0.717, 1.165) is 29.5 Å². The van der Waals surface area contributed by atoms with Crippen LogP contribution in [0.2, 0.25) is 5.02 Å². The number of nitrogens with zero attached hydrogens (tertiary/aromatic N) is 1. The first-order chi connectivity index (χ1) is 17.0. The normalized spacial score (nSPS) is 11.5. The van der Waals surface area contributed by atoms with Gasteiger partial charge in [0.25, 0.3) is 0 Å². The van der Waals surface area contributed by atoms with Gasteiger partial charge in [0.05, 0.1) is 13.5 Å². The van der Waals surface area contributed by atoms with E-state index in [4.69, 9.17) is 16.3 Å². The summed E-state index contributed by atoms with van der Waals surface area (Å²) >= 11 is 6.16. The average molecular weight is 493 g/mol. The van der Waals surface area contributed by atoms with Crippen LogP contribution in [0.4, 0.5) is 0 Å². The highest BCUT2D eigenvalue weighted by atomic mass is 35.5. The van der Waals surface area contributed by atoms with Crippen molar-refractivity contribution in [2.75, 3.05) is 13.7 Å². The molecule has 0 fully saturated rings. The van der Waals surface area contributed by atoms with Crippen molar-refractivity contribution >= 4 is 23.4 Å². The van der Waals surface area contributed by atoms with Gasteiger partial charge in [-0.2, -0.15) is 0 Å². The molecular formula is C29H33ClN2O3. The highest BCUT2D eigenvalue weighted by Crippen LogP contribution is 2.20. The van der Waals surface area contributed by atoms with Gasteiger partial charge in [0.15, 0.2) is 0 Å². The Labute approximate surface area is 213 Å². The van der Waals surface area contributed by atoms with Crippen molar-refractivity contribution in [3.63, 3.8) is 0 Å². The molecule has 6 heteroatoms. The summed E-state index contributed by atoms with van der Waals surface area (Å²) in [4.78, 5) is 28.8. The van der Waals surface area contributed by atoms with Gasteiger partial charge in [0.1, 0.15) is 11.8 Å². The Morgan fingerprint density at radius 3 is 2.37 bits per heavy atom. The second-order valence-corrected chi connectivity index (χ2v) is 8.97. The molecule has 0 saturated heterocycles. The van der Waals surface area contributed by atoms with Crippen LogP contribution in [0.3, 0.4) is 0 Å². The highest BCUT2D eigenvalue weighted by molar-refractivity contribution is 6.30. The summed E-state index contributed by atoms with van der Waals surface area (Å²) in [5.74, 6) is 0.419. The van der Waals surface area contributed by atoms with Crippen molar-refractivity contribution in [2.24, 2.45) is 0 Å². The molecule has 0 aromatic heterocycles. The van der Waals surface area contributed by atoms with Crippen molar-refractivity contribution in [1.29, 1.82) is 0 Å². The largest absolute Gasteiger partial charge is 0.497 e. The third-order valence-corrected chi connectivity index (χ3v) is 6.07. The molecule has 184 valence electrons. The predicted molar refractivity (Wildman–Crippen MR) is 141 cm³/mol. The van der Waals surface area contributed by atoms with Crippen LogP contribution >= 0.6 is 11.6 Å². The molecular weight excluding hydrogens is 460 g/mol. The van der Waals surface area contributed by atoms with Gasteiger partial charge in [0.2, 0.25) is 11.8 Å². The van der Waals surface area contributed by atoms with Gasteiger partial charge in [-0.3, -0.25) is 9.59 Å². The maximum absolute atomic E-state index is 13.7. The highest BCUT2D eigenvalue weighted by Gasteiger charge is 2.30. The number of amides is 2. The van der Waals surface area contributed by atoms with E-state index < -0.39 is 6.04 Å². The Morgan fingerprint density at radius 2 is 1.66 bits per heavy atom. The minimum atomic E-state index is -0.660. The van der Waals surface area contributed by atoms with Crippen LogP contribution in [0.15, 0.2) is 78.9 Å². The third kappa shape index (κ3) is 8.15. The number of hydrogen-bond acceptors (Lipinski definition) is 3. The van der Waals surface area contributed by atoms with Crippen LogP contribution in [0.5, 0.6) is 5.75 Å². The molecule has 0 aliphatic carbocycles. The minimum absolute atomic E-state index is 0.137. The molecule has 3 aromatic carbocycles. The van der Waals surface area contributed by atoms with Crippen LogP contribution in [-0.2, 0) is 29.0 Å². The molecule has 3 rings (SSSR count). The Hall–Kier alpha value is -3.31. The van der Waals surface area contributed by atoms with Crippen molar-refractivity contribution < 1.29 is 14.3 Å². The smallest absolute Gasteiger partial charge is 0.243 e. The van der Waals surface area contributed by atoms with Gasteiger partial charge in [-0.1, -0.05) is 79.5 Å². The number of hydrogen-bond donors (Lipinski definition) is 1. The number of carbonyl (C=O) groups is 2. The fraction of sp³-hybridized carbons (Fsp3) is 0.310. The lowest BCUT2D eigenvalue weighted by Crippen LogP contribution is -2.51. The summed E-state index contributed by atoms with van der Waals surface area (Å²) in [6, 6.07) is 24.0. The molecule has 0 aliphatic heterocycles. The van der Waals surface area contributed by atoms with Crippen molar-refractivity contribution in [1.82, 2.24) is 10.2 Å². The molecule has 0 aliphatic rings. The molecule has 1 N–H and O–H groups in total. The van der Waals surface area contributed by atoms with Crippen molar-refractivity contribution in [2.45, 2.75) is 45.2 Å². The lowest BCUT2D eigenvalue weighted by Gasteiger charge is -2.32. The van der Waals surface area contributed by atoms with Crippen molar-refractivity contribution in [3.05, 3.63) is 101 Å². The van der Waals surface area contributed by atoms with Crippen LogP contribution in [-0.4, -0.2) is 36.4 Å². The van der Waals surface area contributed by atoms with E-state index in [1.807, 2.05) is 66.7 Å². The fourth-order valence-corrected chi connectivity index (χ4v) is 4.16. The molecule has 0 spiro atoms. The van der Waals surface area contributed by atoms with Gasteiger partial charge in [-0.15, -0.1) is 0 Å². The first kappa shape index (κ1) is 26.3. The van der Waals surface area contributed by atoms with Gasteiger partial charge in [-0.05, 0) is 47.4 Å². The van der Waals surface area contributed by atoms with Crippen LogP contribution < -0.4 is 10.1 Å². The Bertz CT molecular complexity index is 1100. The minimum Gasteiger partial charge on any atom is -0.497 e. The zero-order valence-corrected chi connectivity index (χ0v) is 21.1. The number of rotatable bonds is 12. The molecule has 0 unspecified atom stereocenters. The summed E-state index contributed by atoms with van der Waals surface area (Å²) in [5.41, 5.74) is 2.69. The molecule has 0 bridgehead atoms. The molecule has 0 saturated carbocycles. The average Bonchev–Trinajstić information content (AvgIpc) is 2.87.